The van der Waals surface area contributed by atoms with Crippen LogP contribution in [0.2, 0.25) is 0 Å². The van der Waals surface area contributed by atoms with Gasteiger partial charge < -0.3 is 14.8 Å². The number of hydrogen-bond donors (Lipinski definition) is 1. The van der Waals surface area contributed by atoms with Gasteiger partial charge in [0.05, 0.1) is 25.6 Å². The van der Waals surface area contributed by atoms with Gasteiger partial charge in [-0.3, -0.25) is 0 Å². The summed E-state index contributed by atoms with van der Waals surface area (Å²) in [5, 5.41) is 6.21. The Morgan fingerprint density at radius 3 is 2.58 bits per heavy atom. The fraction of sp³-hybridized carbons (Fsp3) is 0.211. The second-order valence-corrected chi connectivity index (χ2v) is 6.41. The van der Waals surface area contributed by atoms with Gasteiger partial charge in [-0.05, 0) is 37.6 Å². The molecule has 124 valence electrons. The van der Waals surface area contributed by atoms with Gasteiger partial charge in [0.15, 0.2) is 5.13 Å². The Bertz CT molecular complexity index is 858. The smallest absolute Gasteiger partial charge is 0.187 e. The lowest BCUT2D eigenvalue weighted by Crippen LogP contribution is -1.95. The van der Waals surface area contributed by atoms with E-state index in [1.165, 1.54) is 11.1 Å². The molecule has 2 aromatic carbocycles. The molecule has 1 N–H and O–H groups in total. The number of thiazole rings is 1. The highest BCUT2D eigenvalue weighted by molar-refractivity contribution is 7.14. The molecule has 0 aliphatic rings. The molecule has 0 unspecified atom stereocenters. The lowest BCUT2D eigenvalue weighted by Gasteiger charge is -2.10. The van der Waals surface area contributed by atoms with Crippen molar-refractivity contribution in [3.8, 4) is 22.8 Å². The van der Waals surface area contributed by atoms with Gasteiger partial charge in [0.1, 0.15) is 11.5 Å². The second kappa shape index (κ2) is 6.93. The summed E-state index contributed by atoms with van der Waals surface area (Å²) in [7, 11) is 3.30. The van der Waals surface area contributed by atoms with Crippen LogP contribution >= 0.6 is 11.3 Å². The Kier molecular flexibility index (Phi) is 4.71. The predicted octanol–water partition coefficient (Wildman–Crippen LogP) is 5.19. The molecule has 24 heavy (non-hydrogen) atoms. The first-order chi connectivity index (χ1) is 11.6. The van der Waals surface area contributed by atoms with Gasteiger partial charge >= 0.3 is 0 Å². The summed E-state index contributed by atoms with van der Waals surface area (Å²) < 4.78 is 10.7. The van der Waals surface area contributed by atoms with E-state index in [1.54, 1.807) is 25.6 Å². The molecule has 5 heteroatoms. The Morgan fingerprint density at radius 2 is 1.83 bits per heavy atom. The van der Waals surface area contributed by atoms with E-state index >= 15 is 0 Å². The molecule has 0 aliphatic heterocycles. The highest BCUT2D eigenvalue weighted by atomic mass is 32.1. The van der Waals surface area contributed by atoms with Gasteiger partial charge in [-0.15, -0.1) is 11.3 Å². The van der Waals surface area contributed by atoms with Gasteiger partial charge in [-0.2, -0.15) is 0 Å². The van der Waals surface area contributed by atoms with E-state index in [4.69, 9.17) is 14.5 Å². The van der Waals surface area contributed by atoms with E-state index in [-0.39, 0.29) is 0 Å². The zero-order chi connectivity index (χ0) is 17.1. The molecule has 0 saturated carbocycles. The van der Waals surface area contributed by atoms with E-state index in [0.29, 0.717) is 0 Å². The van der Waals surface area contributed by atoms with Crippen molar-refractivity contribution in [3.05, 3.63) is 52.9 Å². The van der Waals surface area contributed by atoms with Gasteiger partial charge in [0.2, 0.25) is 0 Å². The molecular weight excluding hydrogens is 320 g/mol. The van der Waals surface area contributed by atoms with Crippen LogP contribution in [0.25, 0.3) is 11.3 Å². The average molecular weight is 340 g/mol. The van der Waals surface area contributed by atoms with Crippen LogP contribution < -0.4 is 14.8 Å². The van der Waals surface area contributed by atoms with Crippen LogP contribution in [0, 0.1) is 13.8 Å². The second-order valence-electron chi connectivity index (χ2n) is 5.55. The number of aryl methyl sites for hydroxylation is 2. The predicted molar refractivity (Wildman–Crippen MR) is 99.9 cm³/mol. The highest BCUT2D eigenvalue weighted by Gasteiger charge is 2.10. The Balaban J connectivity index is 1.90. The summed E-state index contributed by atoms with van der Waals surface area (Å²) in [4.78, 5) is 4.72. The highest BCUT2D eigenvalue weighted by Crippen LogP contribution is 2.34. The minimum Gasteiger partial charge on any atom is -0.497 e. The Hall–Kier alpha value is -2.53. The van der Waals surface area contributed by atoms with Gasteiger partial charge in [0, 0.05) is 17.0 Å². The largest absolute Gasteiger partial charge is 0.497 e. The third kappa shape index (κ3) is 3.36. The van der Waals surface area contributed by atoms with Crippen molar-refractivity contribution in [3.63, 3.8) is 0 Å². The van der Waals surface area contributed by atoms with E-state index < -0.39 is 0 Å². The van der Waals surface area contributed by atoms with Gasteiger partial charge in [-0.25, -0.2) is 4.98 Å². The summed E-state index contributed by atoms with van der Waals surface area (Å²) in [6.45, 7) is 4.20. The molecule has 0 saturated heterocycles. The molecule has 0 atom stereocenters. The third-order valence-corrected chi connectivity index (χ3v) is 4.58. The lowest BCUT2D eigenvalue weighted by molar-refractivity contribution is 0.405. The summed E-state index contributed by atoms with van der Waals surface area (Å²) in [5.74, 6) is 1.52. The zero-order valence-corrected chi connectivity index (χ0v) is 15.0. The maximum absolute atomic E-state index is 5.40. The number of methoxy groups -OCH3 is 2. The molecule has 0 radical (unpaired) electrons. The van der Waals surface area contributed by atoms with E-state index in [9.17, 15) is 0 Å². The molecular formula is C19H20N2O2S. The maximum Gasteiger partial charge on any atom is 0.187 e. The fourth-order valence-corrected chi connectivity index (χ4v) is 3.22. The monoisotopic (exact) mass is 340 g/mol. The molecule has 3 aromatic rings. The van der Waals surface area contributed by atoms with Gasteiger partial charge in [0.25, 0.3) is 0 Å². The number of nitrogens with one attached hydrogen (secondary N) is 1. The topological polar surface area (TPSA) is 43.4 Å². The van der Waals surface area contributed by atoms with Crippen molar-refractivity contribution >= 4 is 22.2 Å². The first-order valence-electron chi connectivity index (χ1n) is 7.63. The molecule has 1 aromatic heterocycles. The van der Waals surface area contributed by atoms with Crippen molar-refractivity contribution < 1.29 is 9.47 Å². The normalized spacial score (nSPS) is 10.5. The minimum absolute atomic E-state index is 0.749. The number of hydrogen-bond acceptors (Lipinski definition) is 5. The number of ether oxygens (including phenoxy) is 2. The van der Waals surface area contributed by atoms with Crippen molar-refractivity contribution in [2.75, 3.05) is 19.5 Å². The van der Waals surface area contributed by atoms with Crippen LogP contribution in [0.15, 0.2) is 41.8 Å². The van der Waals surface area contributed by atoms with Crippen LogP contribution in [-0.4, -0.2) is 19.2 Å². The Labute approximate surface area is 146 Å². The van der Waals surface area contributed by atoms with Crippen LogP contribution in [-0.2, 0) is 0 Å². The average Bonchev–Trinajstić information content (AvgIpc) is 3.05. The standard InChI is InChI=1S/C19H20N2O2S/c1-12-5-6-13(2)15(9-12)17-11-24-19(21-17)20-16-10-14(22-3)7-8-18(16)23-4/h5-11H,1-4H3,(H,20,21). The quantitative estimate of drug-likeness (QED) is 0.694. The molecule has 0 aliphatic carbocycles. The van der Waals surface area contributed by atoms with Gasteiger partial charge in [-0.1, -0.05) is 17.7 Å². The molecule has 0 bridgehead atoms. The molecule has 0 fully saturated rings. The van der Waals surface area contributed by atoms with Crippen molar-refractivity contribution in [1.29, 1.82) is 0 Å². The van der Waals surface area contributed by atoms with Crippen LogP contribution in [0.4, 0.5) is 10.8 Å². The summed E-state index contributed by atoms with van der Waals surface area (Å²) in [5.41, 5.74) is 5.42. The zero-order valence-electron chi connectivity index (χ0n) is 14.2. The van der Waals surface area contributed by atoms with E-state index in [2.05, 4.69) is 42.7 Å². The number of anilines is 2. The third-order valence-electron chi connectivity index (χ3n) is 3.82. The molecule has 4 nitrogen and oxygen atoms in total. The van der Waals surface area contributed by atoms with E-state index in [1.807, 2.05) is 18.2 Å². The van der Waals surface area contributed by atoms with Crippen LogP contribution in [0.5, 0.6) is 11.5 Å². The number of benzene rings is 2. The van der Waals surface area contributed by atoms with Crippen molar-refractivity contribution in [2.24, 2.45) is 0 Å². The lowest BCUT2D eigenvalue weighted by atomic mass is 10.0. The molecule has 3 rings (SSSR count). The summed E-state index contributed by atoms with van der Waals surface area (Å²) >= 11 is 1.57. The maximum atomic E-state index is 5.40. The Morgan fingerprint density at radius 1 is 1.00 bits per heavy atom. The number of nitrogens with zero attached hydrogens (tertiary/aromatic N) is 1. The SMILES string of the molecule is COc1ccc(OC)c(Nc2nc(-c3cc(C)ccc3C)cs2)c1. The summed E-state index contributed by atoms with van der Waals surface area (Å²) in [6, 6.07) is 12.1. The fourth-order valence-electron chi connectivity index (χ4n) is 2.49. The van der Waals surface area contributed by atoms with E-state index in [0.717, 1.165) is 33.6 Å². The molecule has 0 spiro atoms. The molecule has 1 heterocycles. The van der Waals surface area contributed by atoms with Crippen molar-refractivity contribution in [2.45, 2.75) is 13.8 Å². The number of rotatable bonds is 5. The minimum atomic E-state index is 0.749. The number of aromatic nitrogens is 1. The van der Waals surface area contributed by atoms with Crippen molar-refractivity contribution in [1.82, 2.24) is 4.98 Å². The summed E-state index contributed by atoms with van der Waals surface area (Å²) in [6.07, 6.45) is 0. The molecule has 0 amide bonds. The first kappa shape index (κ1) is 16.3. The first-order valence-corrected chi connectivity index (χ1v) is 8.51. The van der Waals surface area contributed by atoms with Crippen LogP contribution in [0.1, 0.15) is 11.1 Å². The van der Waals surface area contributed by atoms with Crippen LogP contribution in [0.3, 0.4) is 0 Å².